The molecule has 1 saturated heterocycles. The summed E-state index contributed by atoms with van der Waals surface area (Å²) < 4.78 is 53.4. The summed E-state index contributed by atoms with van der Waals surface area (Å²) in [5.74, 6) is -2.43. The van der Waals surface area contributed by atoms with Crippen LogP contribution in [-0.4, -0.2) is 65.2 Å². The van der Waals surface area contributed by atoms with E-state index in [-0.39, 0.29) is 42.2 Å². The SMILES string of the molecule is CC(Sc1nncs1)C(=O)N1CCN(S(=O)(=O)c2ccc(F)c(F)c2)CC1. The molecule has 0 spiro atoms. The van der Waals surface area contributed by atoms with E-state index in [0.717, 1.165) is 12.1 Å². The number of carbonyl (C=O) groups excluding carboxylic acids is 1. The molecule has 1 aromatic carbocycles. The van der Waals surface area contributed by atoms with Crippen LogP contribution in [0.15, 0.2) is 32.9 Å². The topological polar surface area (TPSA) is 83.5 Å². The van der Waals surface area contributed by atoms with Gasteiger partial charge in [-0.15, -0.1) is 10.2 Å². The summed E-state index contributed by atoms with van der Waals surface area (Å²) in [5.41, 5.74) is 1.58. The highest BCUT2D eigenvalue weighted by Crippen LogP contribution is 2.26. The first-order valence-corrected chi connectivity index (χ1v) is 11.2. The monoisotopic (exact) mass is 434 g/mol. The van der Waals surface area contributed by atoms with Gasteiger partial charge in [0, 0.05) is 26.2 Å². The molecule has 1 aromatic heterocycles. The average molecular weight is 435 g/mol. The number of rotatable bonds is 5. The molecule has 0 aliphatic carbocycles. The van der Waals surface area contributed by atoms with Crippen LogP contribution in [-0.2, 0) is 14.8 Å². The van der Waals surface area contributed by atoms with Crippen molar-refractivity contribution in [3.05, 3.63) is 35.3 Å². The molecule has 0 saturated carbocycles. The molecule has 2 aromatic rings. The molecule has 27 heavy (non-hydrogen) atoms. The Balaban J connectivity index is 1.62. The van der Waals surface area contributed by atoms with Gasteiger partial charge in [-0.2, -0.15) is 4.31 Å². The third-order valence-corrected chi connectivity index (χ3v) is 7.84. The lowest BCUT2D eigenvalue weighted by molar-refractivity contribution is -0.131. The Bertz CT molecular complexity index is 916. The number of aromatic nitrogens is 2. The summed E-state index contributed by atoms with van der Waals surface area (Å²) in [4.78, 5) is 13.8. The second-order valence-corrected chi connectivity index (χ2v) is 10.1. The number of halogens is 2. The largest absolute Gasteiger partial charge is 0.339 e. The molecule has 7 nitrogen and oxygen atoms in total. The van der Waals surface area contributed by atoms with Crippen LogP contribution in [0.4, 0.5) is 8.78 Å². The van der Waals surface area contributed by atoms with Crippen LogP contribution < -0.4 is 0 Å². The highest BCUT2D eigenvalue weighted by molar-refractivity contribution is 8.02. The number of piperazine rings is 1. The summed E-state index contributed by atoms with van der Waals surface area (Å²) >= 11 is 2.65. The van der Waals surface area contributed by atoms with E-state index in [9.17, 15) is 22.0 Å². The van der Waals surface area contributed by atoms with E-state index in [0.29, 0.717) is 10.4 Å². The van der Waals surface area contributed by atoms with Gasteiger partial charge < -0.3 is 4.90 Å². The standard InChI is InChI=1S/C15H16F2N4O3S3/c1-10(26-15-19-18-9-25-15)14(22)20-4-6-21(7-5-20)27(23,24)11-2-3-12(16)13(17)8-11/h2-3,8-10H,4-7H2,1H3. The molecule has 12 heteroatoms. The van der Waals surface area contributed by atoms with Gasteiger partial charge in [0.05, 0.1) is 10.1 Å². The molecule has 1 amide bonds. The summed E-state index contributed by atoms with van der Waals surface area (Å²) in [6.45, 7) is 2.39. The lowest BCUT2D eigenvalue weighted by Gasteiger charge is -2.35. The van der Waals surface area contributed by atoms with Crippen molar-refractivity contribution in [3.8, 4) is 0 Å². The molecule has 2 heterocycles. The van der Waals surface area contributed by atoms with Crippen molar-refractivity contribution >= 4 is 39.0 Å². The number of hydrogen-bond donors (Lipinski definition) is 0. The Labute approximate surface area is 163 Å². The molecule has 0 N–H and O–H groups in total. The second kappa shape index (κ2) is 8.17. The van der Waals surface area contributed by atoms with Gasteiger partial charge in [-0.3, -0.25) is 4.79 Å². The van der Waals surface area contributed by atoms with E-state index in [1.807, 2.05) is 0 Å². The lowest BCUT2D eigenvalue weighted by atomic mass is 10.3. The number of hydrogen-bond acceptors (Lipinski definition) is 7. The molecule has 1 fully saturated rings. The Morgan fingerprint density at radius 2 is 1.93 bits per heavy atom. The Morgan fingerprint density at radius 1 is 1.22 bits per heavy atom. The van der Waals surface area contributed by atoms with Crippen LogP contribution in [0.25, 0.3) is 0 Å². The van der Waals surface area contributed by atoms with Gasteiger partial charge in [-0.05, 0) is 25.1 Å². The minimum atomic E-state index is -3.94. The average Bonchev–Trinajstić information content (AvgIpc) is 3.16. The number of amides is 1. The fourth-order valence-corrected chi connectivity index (χ4v) is 5.75. The van der Waals surface area contributed by atoms with Gasteiger partial charge in [0.25, 0.3) is 0 Å². The van der Waals surface area contributed by atoms with E-state index in [4.69, 9.17) is 0 Å². The van der Waals surface area contributed by atoms with Crippen LogP contribution in [0.1, 0.15) is 6.92 Å². The van der Waals surface area contributed by atoms with Crippen molar-refractivity contribution in [2.24, 2.45) is 0 Å². The van der Waals surface area contributed by atoms with Crippen molar-refractivity contribution in [3.63, 3.8) is 0 Å². The number of sulfonamides is 1. The fraction of sp³-hybridized carbons (Fsp3) is 0.400. The second-order valence-electron chi connectivity index (χ2n) is 5.77. The van der Waals surface area contributed by atoms with Gasteiger partial charge >= 0.3 is 0 Å². The predicted molar refractivity (Wildman–Crippen MR) is 96.9 cm³/mol. The summed E-state index contributed by atoms with van der Waals surface area (Å²) in [7, 11) is -3.94. The molecular formula is C15H16F2N4O3S3. The number of benzene rings is 1. The number of thioether (sulfide) groups is 1. The molecule has 1 unspecified atom stereocenters. The molecule has 3 rings (SSSR count). The van der Waals surface area contributed by atoms with Crippen LogP contribution in [0.5, 0.6) is 0 Å². The molecule has 146 valence electrons. The van der Waals surface area contributed by atoms with Crippen molar-refractivity contribution < 1.29 is 22.0 Å². The zero-order valence-electron chi connectivity index (χ0n) is 14.2. The van der Waals surface area contributed by atoms with E-state index in [1.165, 1.54) is 27.4 Å². The highest BCUT2D eigenvalue weighted by atomic mass is 32.2. The lowest BCUT2D eigenvalue weighted by Crippen LogP contribution is -2.52. The van der Waals surface area contributed by atoms with Crippen LogP contribution in [0.3, 0.4) is 0 Å². The van der Waals surface area contributed by atoms with Gasteiger partial charge in [0.1, 0.15) is 5.51 Å². The first-order chi connectivity index (χ1) is 12.8. The van der Waals surface area contributed by atoms with E-state index < -0.39 is 21.7 Å². The molecule has 1 aliphatic rings. The maximum absolute atomic E-state index is 13.4. The minimum Gasteiger partial charge on any atom is -0.339 e. The van der Waals surface area contributed by atoms with E-state index in [2.05, 4.69) is 10.2 Å². The molecular weight excluding hydrogens is 418 g/mol. The third kappa shape index (κ3) is 4.45. The van der Waals surface area contributed by atoms with Gasteiger partial charge in [0.15, 0.2) is 16.0 Å². The number of nitrogens with zero attached hydrogens (tertiary/aromatic N) is 4. The first-order valence-electron chi connectivity index (χ1n) is 7.96. The van der Waals surface area contributed by atoms with Crippen molar-refractivity contribution in [2.45, 2.75) is 21.4 Å². The zero-order valence-corrected chi connectivity index (χ0v) is 16.7. The summed E-state index contributed by atoms with van der Waals surface area (Å²) in [6.07, 6.45) is 0. The normalized spacial score (nSPS) is 17.1. The van der Waals surface area contributed by atoms with Gasteiger partial charge in [0.2, 0.25) is 15.9 Å². The first kappa shape index (κ1) is 20.1. The predicted octanol–water partition coefficient (Wildman–Crippen LogP) is 1.83. The van der Waals surface area contributed by atoms with Crippen molar-refractivity contribution in [1.29, 1.82) is 0 Å². The molecule has 1 atom stereocenters. The van der Waals surface area contributed by atoms with E-state index >= 15 is 0 Å². The van der Waals surface area contributed by atoms with E-state index in [1.54, 1.807) is 17.3 Å². The van der Waals surface area contributed by atoms with Gasteiger partial charge in [-0.1, -0.05) is 23.1 Å². The summed E-state index contributed by atoms with van der Waals surface area (Å²) in [5, 5.41) is 7.25. The Morgan fingerprint density at radius 3 is 2.52 bits per heavy atom. The highest BCUT2D eigenvalue weighted by Gasteiger charge is 2.32. The Kier molecular flexibility index (Phi) is 6.08. The van der Waals surface area contributed by atoms with Crippen molar-refractivity contribution in [2.75, 3.05) is 26.2 Å². The molecule has 0 radical (unpaired) electrons. The molecule has 1 aliphatic heterocycles. The Hall–Kier alpha value is -1.63. The summed E-state index contributed by atoms with van der Waals surface area (Å²) in [6, 6.07) is 2.49. The fourth-order valence-electron chi connectivity index (χ4n) is 2.61. The van der Waals surface area contributed by atoms with Crippen LogP contribution in [0, 0.1) is 11.6 Å². The molecule has 0 bridgehead atoms. The quantitative estimate of drug-likeness (QED) is 0.668. The van der Waals surface area contributed by atoms with Crippen LogP contribution >= 0.6 is 23.1 Å². The van der Waals surface area contributed by atoms with Crippen LogP contribution in [0.2, 0.25) is 0 Å². The minimum absolute atomic E-state index is 0.0866. The number of carbonyl (C=O) groups is 1. The maximum Gasteiger partial charge on any atom is 0.243 e. The maximum atomic E-state index is 13.4. The van der Waals surface area contributed by atoms with Crippen molar-refractivity contribution in [1.82, 2.24) is 19.4 Å². The third-order valence-electron chi connectivity index (χ3n) is 4.04. The smallest absolute Gasteiger partial charge is 0.243 e. The van der Waals surface area contributed by atoms with Gasteiger partial charge in [-0.25, -0.2) is 17.2 Å². The zero-order chi connectivity index (χ0) is 19.6.